The van der Waals surface area contributed by atoms with Crippen molar-refractivity contribution < 1.29 is 9.21 Å². The van der Waals surface area contributed by atoms with Crippen molar-refractivity contribution in [3.05, 3.63) is 24.2 Å². The highest BCUT2D eigenvalue weighted by atomic mass is 16.3. The molecule has 1 aliphatic heterocycles. The highest BCUT2D eigenvalue weighted by Gasteiger charge is 2.24. The van der Waals surface area contributed by atoms with Crippen LogP contribution in [0.5, 0.6) is 0 Å². The van der Waals surface area contributed by atoms with Crippen molar-refractivity contribution >= 4 is 5.91 Å². The Balaban J connectivity index is 1.80. The number of amides is 1. The second-order valence-corrected chi connectivity index (χ2v) is 4.60. The largest absolute Gasteiger partial charge is 0.468 e. The predicted octanol–water partition coefficient (Wildman–Crippen LogP) is 0.477. The molecule has 1 aromatic rings. The Kier molecular flexibility index (Phi) is 3.81. The summed E-state index contributed by atoms with van der Waals surface area (Å²) >= 11 is 0. The zero-order valence-corrected chi connectivity index (χ0v) is 9.84. The number of likely N-dealkylation sites (tertiary alicyclic amines) is 1. The Morgan fingerprint density at radius 2 is 2.24 bits per heavy atom. The predicted molar refractivity (Wildman–Crippen MR) is 64.0 cm³/mol. The molecule has 0 aliphatic carbocycles. The number of nitrogens with two attached hydrogens (primary N) is 2. The Labute approximate surface area is 101 Å². The molecular weight excluding hydrogens is 218 g/mol. The fourth-order valence-corrected chi connectivity index (χ4v) is 2.27. The van der Waals surface area contributed by atoms with Crippen LogP contribution in [0.1, 0.15) is 24.6 Å². The van der Waals surface area contributed by atoms with Gasteiger partial charge in [0, 0.05) is 12.5 Å². The van der Waals surface area contributed by atoms with Gasteiger partial charge >= 0.3 is 0 Å². The maximum atomic E-state index is 11.0. The van der Waals surface area contributed by atoms with Gasteiger partial charge in [0.25, 0.3) is 0 Å². The standard InChI is InChI=1S/C12H19N3O2/c13-10(11-2-1-7-17-11)8-15-5-3-9(4-6-15)12(14)16/h1-2,7,9-10H,3-6,8,13H2,(H2,14,16). The molecule has 0 spiro atoms. The Bertz CT molecular complexity index is 356. The van der Waals surface area contributed by atoms with Gasteiger partial charge in [-0.1, -0.05) is 0 Å². The summed E-state index contributed by atoms with van der Waals surface area (Å²) < 4.78 is 5.27. The van der Waals surface area contributed by atoms with Crippen LogP contribution in [0.2, 0.25) is 0 Å². The molecule has 5 nitrogen and oxygen atoms in total. The summed E-state index contributed by atoms with van der Waals surface area (Å²) in [5.41, 5.74) is 11.3. The van der Waals surface area contributed by atoms with E-state index in [1.807, 2.05) is 12.1 Å². The van der Waals surface area contributed by atoms with Crippen LogP contribution < -0.4 is 11.5 Å². The third-order valence-corrected chi connectivity index (χ3v) is 3.35. The van der Waals surface area contributed by atoms with E-state index in [2.05, 4.69) is 4.90 Å². The summed E-state index contributed by atoms with van der Waals surface area (Å²) in [5.74, 6) is 0.660. The number of carbonyl (C=O) groups is 1. The monoisotopic (exact) mass is 237 g/mol. The summed E-state index contributed by atoms with van der Waals surface area (Å²) in [5, 5.41) is 0. The topological polar surface area (TPSA) is 85.5 Å². The molecule has 0 radical (unpaired) electrons. The maximum absolute atomic E-state index is 11.0. The van der Waals surface area contributed by atoms with Crippen molar-refractivity contribution in [1.29, 1.82) is 0 Å². The quantitative estimate of drug-likeness (QED) is 0.797. The maximum Gasteiger partial charge on any atom is 0.220 e. The molecule has 4 N–H and O–H groups in total. The third kappa shape index (κ3) is 3.08. The molecule has 1 amide bonds. The fourth-order valence-electron chi connectivity index (χ4n) is 2.27. The first kappa shape index (κ1) is 12.1. The van der Waals surface area contributed by atoms with E-state index in [9.17, 15) is 4.79 Å². The SMILES string of the molecule is NC(=O)C1CCN(CC(N)c2ccco2)CC1. The molecule has 0 bridgehead atoms. The lowest BCUT2D eigenvalue weighted by Crippen LogP contribution is -2.41. The van der Waals surface area contributed by atoms with Crippen LogP contribution >= 0.6 is 0 Å². The van der Waals surface area contributed by atoms with Crippen molar-refractivity contribution in [2.24, 2.45) is 17.4 Å². The average Bonchev–Trinajstić information content (AvgIpc) is 2.83. The summed E-state index contributed by atoms with van der Waals surface area (Å²) in [4.78, 5) is 13.3. The number of rotatable bonds is 4. The molecule has 0 saturated carbocycles. The number of furan rings is 1. The molecule has 1 aliphatic rings. The zero-order chi connectivity index (χ0) is 12.3. The lowest BCUT2D eigenvalue weighted by Gasteiger charge is -2.31. The van der Waals surface area contributed by atoms with Gasteiger partial charge in [0.05, 0.1) is 12.3 Å². The summed E-state index contributed by atoms with van der Waals surface area (Å²) in [6.45, 7) is 2.52. The van der Waals surface area contributed by atoms with Gasteiger partial charge < -0.3 is 20.8 Å². The first-order valence-corrected chi connectivity index (χ1v) is 5.97. The minimum absolute atomic E-state index is 0.0334. The first-order chi connectivity index (χ1) is 8.16. The van der Waals surface area contributed by atoms with E-state index in [1.54, 1.807) is 6.26 Å². The van der Waals surface area contributed by atoms with Crippen LogP contribution in [0.25, 0.3) is 0 Å². The fraction of sp³-hybridized carbons (Fsp3) is 0.583. The smallest absolute Gasteiger partial charge is 0.220 e. The molecule has 1 fully saturated rings. The average molecular weight is 237 g/mol. The molecule has 1 unspecified atom stereocenters. The van der Waals surface area contributed by atoms with Gasteiger partial charge in [-0.2, -0.15) is 0 Å². The molecule has 0 aromatic carbocycles. The summed E-state index contributed by atoms with van der Waals surface area (Å²) in [6, 6.07) is 3.63. The van der Waals surface area contributed by atoms with Crippen LogP contribution in [-0.4, -0.2) is 30.4 Å². The van der Waals surface area contributed by atoms with Crippen LogP contribution in [0.3, 0.4) is 0 Å². The Hall–Kier alpha value is -1.33. The lowest BCUT2D eigenvalue weighted by atomic mass is 9.96. The number of primary amides is 1. The van der Waals surface area contributed by atoms with Crippen LogP contribution in [0.15, 0.2) is 22.8 Å². The molecule has 5 heteroatoms. The lowest BCUT2D eigenvalue weighted by molar-refractivity contribution is -0.123. The Morgan fingerprint density at radius 1 is 1.53 bits per heavy atom. The van der Waals surface area contributed by atoms with Gasteiger partial charge in [-0.25, -0.2) is 0 Å². The molecule has 1 aromatic heterocycles. The molecule has 2 heterocycles. The van der Waals surface area contributed by atoms with Gasteiger partial charge in [0.1, 0.15) is 5.76 Å². The van der Waals surface area contributed by atoms with Crippen LogP contribution in [0.4, 0.5) is 0 Å². The van der Waals surface area contributed by atoms with Gasteiger partial charge in [0.2, 0.25) is 5.91 Å². The molecule has 17 heavy (non-hydrogen) atoms. The van der Waals surface area contributed by atoms with E-state index in [0.717, 1.165) is 38.2 Å². The van der Waals surface area contributed by atoms with Gasteiger partial charge in [0.15, 0.2) is 0 Å². The summed E-state index contributed by atoms with van der Waals surface area (Å²) in [6.07, 6.45) is 3.30. The van der Waals surface area contributed by atoms with Crippen molar-refractivity contribution in [3.8, 4) is 0 Å². The van der Waals surface area contributed by atoms with Gasteiger partial charge in [-0.15, -0.1) is 0 Å². The van der Waals surface area contributed by atoms with E-state index in [0.29, 0.717) is 0 Å². The van der Waals surface area contributed by atoms with Crippen LogP contribution in [-0.2, 0) is 4.79 Å². The minimum Gasteiger partial charge on any atom is -0.468 e. The van der Waals surface area contributed by atoms with Crippen molar-refractivity contribution in [3.63, 3.8) is 0 Å². The van der Waals surface area contributed by atoms with Crippen molar-refractivity contribution in [2.75, 3.05) is 19.6 Å². The van der Waals surface area contributed by atoms with E-state index < -0.39 is 0 Å². The number of piperidine rings is 1. The highest BCUT2D eigenvalue weighted by molar-refractivity contribution is 5.76. The van der Waals surface area contributed by atoms with Gasteiger partial charge in [-0.3, -0.25) is 4.79 Å². The molecule has 2 rings (SSSR count). The molecule has 1 saturated heterocycles. The van der Waals surface area contributed by atoms with Crippen LogP contribution in [0, 0.1) is 5.92 Å². The second kappa shape index (κ2) is 5.33. The van der Waals surface area contributed by atoms with Crippen molar-refractivity contribution in [2.45, 2.75) is 18.9 Å². The normalized spacial score (nSPS) is 20.3. The van der Waals surface area contributed by atoms with E-state index in [-0.39, 0.29) is 17.9 Å². The van der Waals surface area contributed by atoms with E-state index >= 15 is 0 Å². The van der Waals surface area contributed by atoms with E-state index in [1.165, 1.54) is 0 Å². The second-order valence-electron chi connectivity index (χ2n) is 4.60. The highest BCUT2D eigenvalue weighted by Crippen LogP contribution is 2.19. The molecular formula is C12H19N3O2. The zero-order valence-electron chi connectivity index (χ0n) is 9.84. The number of hydrogen-bond donors (Lipinski definition) is 2. The molecule has 1 atom stereocenters. The minimum atomic E-state index is -0.181. The molecule has 94 valence electrons. The number of carbonyl (C=O) groups excluding carboxylic acids is 1. The van der Waals surface area contributed by atoms with Crippen molar-refractivity contribution in [1.82, 2.24) is 4.90 Å². The van der Waals surface area contributed by atoms with E-state index in [4.69, 9.17) is 15.9 Å². The first-order valence-electron chi connectivity index (χ1n) is 5.97. The summed E-state index contributed by atoms with van der Waals surface area (Å²) in [7, 11) is 0. The van der Waals surface area contributed by atoms with Gasteiger partial charge in [-0.05, 0) is 38.1 Å². The number of hydrogen-bond acceptors (Lipinski definition) is 4. The Morgan fingerprint density at radius 3 is 2.76 bits per heavy atom. The third-order valence-electron chi connectivity index (χ3n) is 3.35. The number of nitrogens with zero attached hydrogens (tertiary/aromatic N) is 1.